The molecule has 0 amide bonds. The van der Waals surface area contributed by atoms with Gasteiger partial charge in [-0.1, -0.05) is 12.1 Å². The van der Waals surface area contributed by atoms with Crippen molar-refractivity contribution in [3.8, 4) is 23.0 Å². The number of benzene rings is 2. The van der Waals surface area contributed by atoms with Gasteiger partial charge < -0.3 is 29.9 Å². The third-order valence-corrected chi connectivity index (χ3v) is 4.78. The molecule has 2 rings (SSSR count). The van der Waals surface area contributed by atoms with Crippen molar-refractivity contribution in [1.82, 2.24) is 0 Å². The Kier molecular flexibility index (Phi) is 8.54. The molecule has 0 saturated carbocycles. The summed E-state index contributed by atoms with van der Waals surface area (Å²) in [6, 6.07) is 9.00. The Morgan fingerprint density at radius 2 is 1.10 bits per heavy atom. The average Bonchev–Trinajstić information content (AvgIpc) is 2.68. The summed E-state index contributed by atoms with van der Waals surface area (Å²) in [6.45, 7) is 2.61. The predicted octanol–water partition coefficient (Wildman–Crippen LogP) is 3.33. The first-order valence-corrected chi connectivity index (χ1v) is 10.00. The Labute approximate surface area is 180 Å². The first kappa shape index (κ1) is 23.9. The Balaban J connectivity index is 2.04. The van der Waals surface area contributed by atoms with Crippen LogP contribution in [0.25, 0.3) is 0 Å². The molecule has 0 aliphatic rings. The van der Waals surface area contributed by atoms with Gasteiger partial charge >= 0.3 is 11.9 Å². The van der Waals surface area contributed by atoms with Crippen LogP contribution in [0.1, 0.15) is 44.2 Å². The van der Waals surface area contributed by atoms with E-state index in [1.165, 1.54) is 38.1 Å². The highest BCUT2D eigenvalue weighted by Gasteiger charge is 2.22. The minimum atomic E-state index is -0.522. The summed E-state index contributed by atoms with van der Waals surface area (Å²) < 4.78 is 10.8. The smallest absolute Gasteiger partial charge is 0.302 e. The molecule has 8 nitrogen and oxygen atoms in total. The summed E-state index contributed by atoms with van der Waals surface area (Å²) in [6.07, 6.45) is 1.06. The number of aromatic hydroxyl groups is 4. The van der Waals surface area contributed by atoms with Crippen molar-refractivity contribution in [1.29, 1.82) is 0 Å². The monoisotopic (exact) mass is 432 g/mol. The van der Waals surface area contributed by atoms with Crippen molar-refractivity contribution in [3.05, 3.63) is 47.5 Å². The lowest BCUT2D eigenvalue weighted by Gasteiger charge is -2.23. The number of phenolic OH excluding ortho intramolecular Hbond substituents is 4. The van der Waals surface area contributed by atoms with Crippen LogP contribution in [0.3, 0.4) is 0 Å². The van der Waals surface area contributed by atoms with Crippen LogP contribution >= 0.6 is 0 Å². The summed E-state index contributed by atoms with van der Waals surface area (Å²) in [5.74, 6) is -1.79. The molecule has 0 radical (unpaired) electrons. The maximum absolute atomic E-state index is 11.6. The van der Waals surface area contributed by atoms with Gasteiger partial charge in [-0.05, 0) is 61.1 Å². The van der Waals surface area contributed by atoms with E-state index < -0.39 is 24.1 Å². The zero-order chi connectivity index (χ0) is 23.0. The molecule has 0 unspecified atom stereocenters. The molecule has 0 bridgehead atoms. The molecule has 31 heavy (non-hydrogen) atoms. The van der Waals surface area contributed by atoms with Crippen LogP contribution in [0.4, 0.5) is 0 Å². The summed E-state index contributed by atoms with van der Waals surface area (Å²) in [4.78, 5) is 23.1. The van der Waals surface area contributed by atoms with E-state index in [4.69, 9.17) is 9.47 Å². The fourth-order valence-corrected chi connectivity index (χ4v) is 3.32. The maximum Gasteiger partial charge on any atom is 0.302 e. The van der Waals surface area contributed by atoms with E-state index in [1.54, 1.807) is 12.1 Å². The number of rotatable bonds is 10. The van der Waals surface area contributed by atoms with Crippen molar-refractivity contribution in [3.63, 3.8) is 0 Å². The average molecular weight is 432 g/mol. The van der Waals surface area contributed by atoms with Crippen molar-refractivity contribution in [2.45, 2.75) is 58.2 Å². The van der Waals surface area contributed by atoms with Crippen molar-refractivity contribution in [2.24, 2.45) is 0 Å². The molecule has 0 fully saturated rings. The lowest BCUT2D eigenvalue weighted by Crippen LogP contribution is -2.27. The van der Waals surface area contributed by atoms with E-state index in [0.717, 1.165) is 11.1 Å². The number of ether oxygens (including phenoxy) is 2. The number of hydrogen-bond donors (Lipinski definition) is 4. The number of phenols is 4. The van der Waals surface area contributed by atoms with E-state index in [0.29, 0.717) is 25.7 Å². The minimum Gasteiger partial charge on any atom is -0.504 e. The molecule has 0 heterocycles. The highest BCUT2D eigenvalue weighted by atomic mass is 16.6. The number of aryl methyl sites for hydroxylation is 2. The minimum absolute atomic E-state index is 0.213. The summed E-state index contributed by atoms with van der Waals surface area (Å²) >= 11 is 0. The summed E-state index contributed by atoms with van der Waals surface area (Å²) in [5.41, 5.74) is 1.52. The van der Waals surface area contributed by atoms with E-state index in [2.05, 4.69) is 0 Å². The van der Waals surface area contributed by atoms with Gasteiger partial charge in [0.05, 0.1) is 0 Å². The Hall–Kier alpha value is -3.42. The number of hydrogen-bond acceptors (Lipinski definition) is 8. The molecule has 0 spiro atoms. The van der Waals surface area contributed by atoms with Crippen molar-refractivity contribution >= 4 is 11.9 Å². The standard InChI is InChI=1S/C23H28O8/c1-14(24)30-18(7-3-16-5-9-20(26)22(28)11-16)13-19(31-15(2)25)8-4-17-6-10-21(27)23(29)12-17/h5-6,9-12,18-19,26-29H,3-4,7-8,13H2,1-2H3/t18-,19+. The first-order valence-electron chi connectivity index (χ1n) is 10.00. The van der Waals surface area contributed by atoms with Gasteiger partial charge in [0.1, 0.15) is 12.2 Å². The van der Waals surface area contributed by atoms with Crippen LogP contribution in [0.2, 0.25) is 0 Å². The van der Waals surface area contributed by atoms with Crippen molar-refractivity contribution < 1.29 is 39.5 Å². The Morgan fingerprint density at radius 1 is 0.710 bits per heavy atom. The molecule has 0 saturated heterocycles. The van der Waals surface area contributed by atoms with Gasteiger partial charge in [0.2, 0.25) is 0 Å². The molecule has 2 atom stereocenters. The van der Waals surface area contributed by atoms with E-state index in [1.807, 2.05) is 0 Å². The SMILES string of the molecule is CC(=O)O[C@H](CCc1ccc(O)c(O)c1)C[C@H](CCc1ccc(O)c(O)c1)OC(C)=O. The van der Waals surface area contributed by atoms with Gasteiger partial charge in [-0.25, -0.2) is 0 Å². The molecule has 168 valence electrons. The van der Waals surface area contributed by atoms with Crippen LogP contribution < -0.4 is 0 Å². The molecule has 4 N–H and O–H groups in total. The molecular formula is C23H28O8. The third-order valence-electron chi connectivity index (χ3n) is 4.78. The van der Waals surface area contributed by atoms with Gasteiger partial charge in [-0.3, -0.25) is 9.59 Å². The van der Waals surface area contributed by atoms with Crippen LogP contribution in [-0.4, -0.2) is 44.6 Å². The topological polar surface area (TPSA) is 134 Å². The van der Waals surface area contributed by atoms with Gasteiger partial charge in [0.25, 0.3) is 0 Å². The van der Waals surface area contributed by atoms with Crippen LogP contribution in [0.15, 0.2) is 36.4 Å². The zero-order valence-corrected chi connectivity index (χ0v) is 17.6. The largest absolute Gasteiger partial charge is 0.504 e. The molecular weight excluding hydrogens is 404 g/mol. The van der Waals surface area contributed by atoms with E-state index in [-0.39, 0.29) is 29.4 Å². The summed E-state index contributed by atoms with van der Waals surface area (Å²) in [7, 11) is 0. The van der Waals surface area contributed by atoms with Gasteiger partial charge in [0.15, 0.2) is 23.0 Å². The summed E-state index contributed by atoms with van der Waals surface area (Å²) in [5, 5.41) is 38.1. The van der Waals surface area contributed by atoms with Crippen LogP contribution in [0.5, 0.6) is 23.0 Å². The second-order valence-corrected chi connectivity index (χ2v) is 7.42. The van der Waals surface area contributed by atoms with E-state index in [9.17, 15) is 30.0 Å². The lowest BCUT2D eigenvalue weighted by molar-refractivity contribution is -0.153. The number of carbonyl (C=O) groups excluding carboxylic acids is 2. The van der Waals surface area contributed by atoms with E-state index >= 15 is 0 Å². The fourth-order valence-electron chi connectivity index (χ4n) is 3.32. The fraction of sp³-hybridized carbons (Fsp3) is 0.391. The van der Waals surface area contributed by atoms with Crippen molar-refractivity contribution in [2.75, 3.05) is 0 Å². The Bertz CT molecular complexity index is 835. The van der Waals surface area contributed by atoms with Crippen LogP contribution in [0, 0.1) is 0 Å². The molecule has 0 aliphatic carbocycles. The van der Waals surface area contributed by atoms with Gasteiger partial charge in [-0.15, -0.1) is 0 Å². The Morgan fingerprint density at radius 3 is 1.42 bits per heavy atom. The van der Waals surface area contributed by atoms with Crippen LogP contribution in [-0.2, 0) is 31.9 Å². The second-order valence-electron chi connectivity index (χ2n) is 7.42. The molecule has 2 aromatic rings. The highest BCUT2D eigenvalue weighted by molar-refractivity contribution is 5.66. The third kappa shape index (κ3) is 8.08. The normalized spacial score (nSPS) is 12.7. The second kappa shape index (κ2) is 11.1. The lowest BCUT2D eigenvalue weighted by atomic mass is 9.98. The molecule has 0 aromatic heterocycles. The zero-order valence-electron chi connectivity index (χ0n) is 17.6. The molecule has 2 aromatic carbocycles. The van der Waals surface area contributed by atoms with Gasteiger partial charge in [0, 0.05) is 20.3 Å². The molecule has 0 aliphatic heterocycles. The molecule has 8 heteroatoms. The predicted molar refractivity (Wildman–Crippen MR) is 112 cm³/mol. The first-order chi connectivity index (χ1) is 14.6. The number of esters is 2. The van der Waals surface area contributed by atoms with Gasteiger partial charge in [-0.2, -0.15) is 0 Å². The maximum atomic E-state index is 11.6. The number of carbonyl (C=O) groups is 2. The quantitative estimate of drug-likeness (QED) is 0.332. The highest BCUT2D eigenvalue weighted by Crippen LogP contribution is 2.28.